The van der Waals surface area contributed by atoms with Crippen molar-refractivity contribution >= 4 is 17.4 Å². The van der Waals surface area contributed by atoms with Gasteiger partial charge in [-0.2, -0.15) is 0 Å². The number of carbonyl (C=O) groups is 2. The highest BCUT2D eigenvalue weighted by atomic mass is 19.1. The molecule has 1 aromatic carbocycles. The third-order valence-electron chi connectivity index (χ3n) is 5.75. The fraction of sp³-hybridized carbons (Fsp3) is 0.391. The molecule has 2 aromatic rings. The van der Waals surface area contributed by atoms with Crippen LogP contribution in [-0.4, -0.2) is 73.1 Å². The number of aliphatic hydroxyl groups excluding tert-OH is 1. The first kappa shape index (κ1) is 22.0. The van der Waals surface area contributed by atoms with Crippen molar-refractivity contribution < 1.29 is 33.0 Å². The van der Waals surface area contributed by atoms with Crippen LogP contribution in [0, 0.1) is 5.82 Å². The van der Waals surface area contributed by atoms with E-state index in [2.05, 4.69) is 4.90 Å². The van der Waals surface area contributed by atoms with E-state index in [1.165, 1.54) is 30.4 Å². The highest BCUT2D eigenvalue weighted by molar-refractivity contribution is 6.46. The summed E-state index contributed by atoms with van der Waals surface area (Å²) in [7, 11) is 1.33. The van der Waals surface area contributed by atoms with Crippen molar-refractivity contribution in [2.75, 3.05) is 46.5 Å². The molecule has 2 aliphatic rings. The van der Waals surface area contributed by atoms with Crippen LogP contribution < -0.4 is 4.74 Å². The van der Waals surface area contributed by atoms with Gasteiger partial charge in [0.05, 0.1) is 32.2 Å². The molecule has 2 saturated heterocycles. The van der Waals surface area contributed by atoms with E-state index < -0.39 is 29.3 Å². The lowest BCUT2D eigenvalue weighted by Gasteiger charge is -2.28. The number of carbonyl (C=O) groups excluding carboxylic acids is 2. The number of hydrogen-bond donors (Lipinski definition) is 1. The molecule has 1 aromatic heterocycles. The van der Waals surface area contributed by atoms with Crippen molar-refractivity contribution in [2.45, 2.75) is 12.5 Å². The molecule has 1 amide bonds. The topological polar surface area (TPSA) is 92.5 Å². The Hall–Kier alpha value is -3.17. The minimum Gasteiger partial charge on any atom is -0.507 e. The second-order valence-corrected chi connectivity index (χ2v) is 7.66. The maximum atomic E-state index is 14.2. The highest BCUT2D eigenvalue weighted by Gasteiger charge is 2.47. The van der Waals surface area contributed by atoms with E-state index in [1.54, 1.807) is 12.1 Å². The van der Waals surface area contributed by atoms with Gasteiger partial charge >= 0.3 is 0 Å². The highest BCUT2D eigenvalue weighted by Crippen LogP contribution is 2.40. The first-order valence-electron chi connectivity index (χ1n) is 10.5. The van der Waals surface area contributed by atoms with Gasteiger partial charge in [0.2, 0.25) is 0 Å². The number of Topliss-reactive ketones (excluding diaryl/α,β-unsaturated/α-hetero) is 1. The number of amides is 1. The molecule has 9 heteroatoms. The Morgan fingerprint density at radius 1 is 1.22 bits per heavy atom. The molecular formula is C23H25FN2O6. The van der Waals surface area contributed by atoms with Gasteiger partial charge < -0.3 is 23.9 Å². The van der Waals surface area contributed by atoms with E-state index in [0.717, 1.165) is 25.7 Å². The van der Waals surface area contributed by atoms with E-state index in [-0.39, 0.29) is 16.9 Å². The van der Waals surface area contributed by atoms with Crippen molar-refractivity contribution in [3.8, 4) is 5.75 Å². The number of morpholine rings is 1. The molecule has 8 nitrogen and oxygen atoms in total. The Bertz CT molecular complexity index is 1010. The molecular weight excluding hydrogens is 419 g/mol. The number of aliphatic hydroxyl groups is 1. The number of ether oxygens (including phenoxy) is 2. The van der Waals surface area contributed by atoms with Crippen LogP contribution in [0.2, 0.25) is 0 Å². The summed E-state index contributed by atoms with van der Waals surface area (Å²) in [5.41, 5.74) is -0.0490. The van der Waals surface area contributed by atoms with Gasteiger partial charge in [0.15, 0.2) is 11.6 Å². The van der Waals surface area contributed by atoms with Crippen molar-refractivity contribution in [1.82, 2.24) is 9.80 Å². The molecule has 0 aliphatic carbocycles. The third-order valence-corrected chi connectivity index (χ3v) is 5.75. The van der Waals surface area contributed by atoms with Gasteiger partial charge in [-0.1, -0.05) is 0 Å². The van der Waals surface area contributed by atoms with Gasteiger partial charge in [-0.15, -0.1) is 0 Å². The minimum atomic E-state index is -0.889. The van der Waals surface area contributed by atoms with E-state index in [4.69, 9.17) is 13.9 Å². The van der Waals surface area contributed by atoms with E-state index in [0.29, 0.717) is 31.9 Å². The zero-order chi connectivity index (χ0) is 22.7. The van der Waals surface area contributed by atoms with Crippen molar-refractivity contribution in [3.05, 3.63) is 59.3 Å². The van der Waals surface area contributed by atoms with Crippen LogP contribution in [0.15, 0.2) is 46.6 Å². The third kappa shape index (κ3) is 4.26. The summed E-state index contributed by atoms with van der Waals surface area (Å²) in [6, 6.07) is 6.26. The number of halogens is 1. The summed E-state index contributed by atoms with van der Waals surface area (Å²) in [5.74, 6) is -2.33. The van der Waals surface area contributed by atoms with Crippen LogP contribution in [0.25, 0.3) is 5.76 Å². The van der Waals surface area contributed by atoms with Crippen LogP contribution in [-0.2, 0) is 14.3 Å². The van der Waals surface area contributed by atoms with Crippen LogP contribution >= 0.6 is 0 Å². The van der Waals surface area contributed by atoms with E-state index in [1.807, 2.05) is 0 Å². The zero-order valence-corrected chi connectivity index (χ0v) is 17.8. The number of likely N-dealkylation sites (tertiary alicyclic amines) is 1. The summed E-state index contributed by atoms with van der Waals surface area (Å²) in [6.07, 6.45) is 2.08. The van der Waals surface area contributed by atoms with Gasteiger partial charge in [-0.25, -0.2) is 4.39 Å². The standard InChI is InChI=1S/C23H25FN2O6/c1-30-17-6-5-15(14-16(17)24)21(27)19-20(18-4-2-11-32-18)26(23(29)22(19)28)8-3-7-25-9-12-31-13-10-25/h2,4-6,11,14,20,27H,3,7-10,12-13H2,1H3/b21-19+/t20-/m1/s1. The Kier molecular flexibility index (Phi) is 6.57. The smallest absolute Gasteiger partial charge is 0.295 e. The van der Waals surface area contributed by atoms with Crippen molar-refractivity contribution in [1.29, 1.82) is 0 Å². The number of benzene rings is 1. The Morgan fingerprint density at radius 3 is 2.66 bits per heavy atom. The zero-order valence-electron chi connectivity index (χ0n) is 17.8. The molecule has 0 spiro atoms. The van der Waals surface area contributed by atoms with Gasteiger partial charge in [0.25, 0.3) is 11.7 Å². The number of furan rings is 1. The average molecular weight is 444 g/mol. The molecule has 1 N–H and O–H groups in total. The van der Waals surface area contributed by atoms with Crippen LogP contribution in [0.4, 0.5) is 4.39 Å². The number of hydrogen-bond acceptors (Lipinski definition) is 7. The fourth-order valence-corrected chi connectivity index (χ4v) is 4.11. The lowest BCUT2D eigenvalue weighted by atomic mass is 9.99. The summed E-state index contributed by atoms with van der Waals surface area (Å²) in [6.45, 7) is 4.06. The first-order chi connectivity index (χ1) is 15.5. The maximum Gasteiger partial charge on any atom is 0.295 e. The largest absolute Gasteiger partial charge is 0.507 e. The summed E-state index contributed by atoms with van der Waals surface area (Å²) < 4.78 is 30.0. The quantitative estimate of drug-likeness (QED) is 0.399. The SMILES string of the molecule is COc1ccc(/C(O)=C2\C(=O)C(=O)N(CCCN3CCOCC3)[C@@H]2c2ccco2)cc1F. The predicted octanol–water partition coefficient (Wildman–Crippen LogP) is 2.57. The number of nitrogens with zero attached hydrogens (tertiary/aromatic N) is 2. The Labute approximate surface area is 184 Å². The van der Waals surface area contributed by atoms with E-state index >= 15 is 0 Å². The second-order valence-electron chi connectivity index (χ2n) is 7.66. The molecule has 0 saturated carbocycles. The molecule has 2 aliphatic heterocycles. The lowest BCUT2D eigenvalue weighted by Crippen LogP contribution is -2.38. The van der Waals surface area contributed by atoms with Crippen molar-refractivity contribution in [3.63, 3.8) is 0 Å². The summed E-state index contributed by atoms with van der Waals surface area (Å²) in [4.78, 5) is 29.4. The van der Waals surface area contributed by atoms with E-state index in [9.17, 15) is 19.1 Å². The molecule has 32 heavy (non-hydrogen) atoms. The van der Waals surface area contributed by atoms with Gasteiger partial charge in [-0.05, 0) is 36.8 Å². The molecule has 4 rings (SSSR count). The number of rotatable bonds is 7. The monoisotopic (exact) mass is 444 g/mol. The second kappa shape index (κ2) is 9.54. The molecule has 0 bridgehead atoms. The molecule has 170 valence electrons. The minimum absolute atomic E-state index is 0.00713. The van der Waals surface area contributed by atoms with Crippen LogP contribution in [0.1, 0.15) is 23.8 Å². The van der Waals surface area contributed by atoms with Gasteiger partial charge in [-0.3, -0.25) is 14.5 Å². The average Bonchev–Trinajstić information content (AvgIpc) is 3.42. The van der Waals surface area contributed by atoms with Gasteiger partial charge in [0, 0.05) is 31.7 Å². The van der Waals surface area contributed by atoms with Crippen molar-refractivity contribution in [2.24, 2.45) is 0 Å². The fourth-order valence-electron chi connectivity index (χ4n) is 4.11. The molecule has 1 atom stereocenters. The molecule has 0 radical (unpaired) electrons. The maximum absolute atomic E-state index is 14.2. The molecule has 2 fully saturated rings. The van der Waals surface area contributed by atoms with Crippen LogP contribution in [0.5, 0.6) is 5.75 Å². The summed E-state index contributed by atoms with van der Waals surface area (Å²) >= 11 is 0. The first-order valence-corrected chi connectivity index (χ1v) is 10.5. The molecule has 0 unspecified atom stereocenters. The molecule has 3 heterocycles. The van der Waals surface area contributed by atoms with Crippen LogP contribution in [0.3, 0.4) is 0 Å². The normalized spacial score (nSPS) is 21.3. The lowest BCUT2D eigenvalue weighted by molar-refractivity contribution is -0.140. The Balaban J connectivity index is 1.63. The van der Waals surface area contributed by atoms with Gasteiger partial charge in [0.1, 0.15) is 17.6 Å². The Morgan fingerprint density at radius 2 is 2.00 bits per heavy atom. The predicted molar refractivity (Wildman–Crippen MR) is 113 cm³/mol. The number of methoxy groups -OCH3 is 1. The number of ketones is 1. The summed E-state index contributed by atoms with van der Waals surface area (Å²) in [5, 5.41) is 10.9.